The summed E-state index contributed by atoms with van der Waals surface area (Å²) in [5, 5.41) is 10.9. The molecule has 1 aromatic carbocycles. The van der Waals surface area contributed by atoms with E-state index in [9.17, 15) is 10.1 Å². The molecule has 110 valence electrons. The lowest BCUT2D eigenvalue weighted by molar-refractivity contribution is -0.385. The molecule has 1 aliphatic rings. The van der Waals surface area contributed by atoms with Crippen LogP contribution in [0.2, 0.25) is 0 Å². The van der Waals surface area contributed by atoms with Crippen molar-refractivity contribution in [2.24, 2.45) is 0 Å². The lowest BCUT2D eigenvalue weighted by atomic mass is 10.2. The summed E-state index contributed by atoms with van der Waals surface area (Å²) in [4.78, 5) is 15.2. The zero-order valence-electron chi connectivity index (χ0n) is 12.0. The van der Waals surface area contributed by atoms with Crippen LogP contribution in [0.15, 0.2) is 18.2 Å². The second-order valence-electron chi connectivity index (χ2n) is 4.94. The van der Waals surface area contributed by atoms with E-state index in [1.54, 1.807) is 12.1 Å². The van der Waals surface area contributed by atoms with E-state index in [1.807, 2.05) is 0 Å². The van der Waals surface area contributed by atoms with Crippen LogP contribution in [0, 0.1) is 10.1 Å². The van der Waals surface area contributed by atoms with Gasteiger partial charge in [0.05, 0.1) is 12.0 Å². The first kappa shape index (κ1) is 14.6. The number of benzene rings is 1. The van der Waals surface area contributed by atoms with Gasteiger partial charge in [-0.2, -0.15) is 0 Å². The lowest BCUT2D eigenvalue weighted by Gasteiger charge is -2.36. The molecule has 1 aromatic rings. The van der Waals surface area contributed by atoms with E-state index in [-0.39, 0.29) is 5.69 Å². The maximum absolute atomic E-state index is 10.9. The fraction of sp³-hybridized carbons (Fsp3) is 0.571. The molecule has 1 fully saturated rings. The largest absolute Gasteiger partial charge is 0.490 e. The monoisotopic (exact) mass is 279 g/mol. The number of ether oxygens (including phenoxy) is 1. The molecule has 0 bridgehead atoms. The third kappa shape index (κ3) is 3.19. The molecule has 1 heterocycles. The van der Waals surface area contributed by atoms with Gasteiger partial charge >= 0.3 is 5.69 Å². The van der Waals surface area contributed by atoms with Crippen LogP contribution in [0.5, 0.6) is 5.75 Å². The molecule has 0 atom stereocenters. The summed E-state index contributed by atoms with van der Waals surface area (Å²) in [6, 6.07) is 5.08. The number of methoxy groups -OCH3 is 1. The highest BCUT2D eigenvalue weighted by atomic mass is 16.6. The van der Waals surface area contributed by atoms with Gasteiger partial charge < -0.3 is 9.64 Å². The van der Waals surface area contributed by atoms with Crippen LogP contribution in [0.1, 0.15) is 13.3 Å². The highest BCUT2D eigenvalue weighted by molar-refractivity contribution is 5.59. The van der Waals surface area contributed by atoms with Crippen molar-refractivity contribution < 1.29 is 9.66 Å². The van der Waals surface area contributed by atoms with Crippen LogP contribution >= 0.6 is 0 Å². The fourth-order valence-electron chi connectivity index (χ4n) is 2.56. The van der Waals surface area contributed by atoms with Crippen LogP contribution in [0.25, 0.3) is 0 Å². The van der Waals surface area contributed by atoms with Crippen LogP contribution in [-0.4, -0.2) is 49.7 Å². The molecule has 0 saturated carbocycles. The molecule has 0 spiro atoms. The van der Waals surface area contributed by atoms with Gasteiger partial charge in [-0.1, -0.05) is 6.92 Å². The first-order valence-corrected chi connectivity index (χ1v) is 6.95. The number of rotatable bonds is 5. The molecule has 0 aliphatic carbocycles. The third-order valence-corrected chi connectivity index (χ3v) is 3.64. The molecule has 1 aliphatic heterocycles. The van der Waals surface area contributed by atoms with Crippen LogP contribution < -0.4 is 9.64 Å². The average molecular weight is 279 g/mol. The van der Waals surface area contributed by atoms with Gasteiger partial charge in [-0.05, 0) is 19.0 Å². The summed E-state index contributed by atoms with van der Waals surface area (Å²) in [5.74, 6) is 0.323. The minimum atomic E-state index is -0.415. The van der Waals surface area contributed by atoms with Gasteiger partial charge in [-0.3, -0.25) is 15.0 Å². The highest BCUT2D eigenvalue weighted by Crippen LogP contribution is 2.31. The van der Waals surface area contributed by atoms with E-state index in [2.05, 4.69) is 16.7 Å². The molecule has 1 saturated heterocycles. The normalized spacial score (nSPS) is 16.2. The summed E-state index contributed by atoms with van der Waals surface area (Å²) < 4.78 is 5.12. The molecule has 6 heteroatoms. The fourth-order valence-corrected chi connectivity index (χ4v) is 2.56. The summed E-state index contributed by atoms with van der Waals surface area (Å²) in [7, 11) is 1.46. The predicted octanol–water partition coefficient (Wildman–Crippen LogP) is 2.14. The van der Waals surface area contributed by atoms with Crippen LogP contribution in [0.3, 0.4) is 0 Å². The van der Waals surface area contributed by atoms with Crippen molar-refractivity contribution in [1.29, 1.82) is 0 Å². The number of nitro groups is 1. The Morgan fingerprint density at radius 1 is 1.30 bits per heavy atom. The summed E-state index contributed by atoms with van der Waals surface area (Å²) in [6.45, 7) is 7.28. The minimum Gasteiger partial charge on any atom is -0.490 e. The molecule has 20 heavy (non-hydrogen) atoms. The maximum Gasteiger partial charge on any atom is 0.311 e. The van der Waals surface area contributed by atoms with Crippen molar-refractivity contribution in [3.05, 3.63) is 28.3 Å². The van der Waals surface area contributed by atoms with E-state index < -0.39 is 4.92 Å². The number of anilines is 1. The van der Waals surface area contributed by atoms with Gasteiger partial charge in [0.25, 0.3) is 0 Å². The highest BCUT2D eigenvalue weighted by Gasteiger charge is 2.20. The zero-order valence-corrected chi connectivity index (χ0v) is 12.0. The Kier molecular flexibility index (Phi) is 4.79. The lowest BCUT2D eigenvalue weighted by Crippen LogP contribution is -2.46. The van der Waals surface area contributed by atoms with Gasteiger partial charge in [-0.15, -0.1) is 0 Å². The van der Waals surface area contributed by atoms with Crippen molar-refractivity contribution in [3.8, 4) is 5.75 Å². The van der Waals surface area contributed by atoms with Crippen molar-refractivity contribution in [2.45, 2.75) is 13.3 Å². The van der Waals surface area contributed by atoms with Crippen LogP contribution in [0.4, 0.5) is 11.4 Å². The van der Waals surface area contributed by atoms with Crippen LogP contribution in [-0.2, 0) is 0 Å². The molecule has 0 N–H and O–H groups in total. The topological polar surface area (TPSA) is 58.9 Å². The first-order chi connectivity index (χ1) is 9.65. The zero-order chi connectivity index (χ0) is 14.5. The van der Waals surface area contributed by atoms with Gasteiger partial charge in [0, 0.05) is 44.0 Å². The Morgan fingerprint density at radius 2 is 2.00 bits per heavy atom. The standard InChI is InChI=1S/C14H21N3O3/c1-3-6-15-7-9-16(10-8-15)12-4-5-13(17(18)19)14(11-12)20-2/h4-5,11H,3,6-10H2,1-2H3. The number of nitro benzene ring substituents is 1. The number of nitrogens with zero attached hydrogens (tertiary/aromatic N) is 3. The number of hydrogen-bond donors (Lipinski definition) is 0. The van der Waals surface area contributed by atoms with Crippen molar-refractivity contribution in [2.75, 3.05) is 44.7 Å². The SMILES string of the molecule is CCCN1CCN(c2ccc([N+](=O)[O-])c(OC)c2)CC1. The summed E-state index contributed by atoms with van der Waals surface area (Å²) >= 11 is 0. The Hall–Kier alpha value is -1.82. The predicted molar refractivity (Wildman–Crippen MR) is 78.6 cm³/mol. The molecular formula is C14H21N3O3. The minimum absolute atomic E-state index is 0.0147. The Morgan fingerprint density at radius 3 is 2.55 bits per heavy atom. The second kappa shape index (κ2) is 6.56. The van der Waals surface area contributed by atoms with E-state index in [0.717, 1.165) is 38.4 Å². The van der Waals surface area contributed by atoms with E-state index >= 15 is 0 Å². The second-order valence-corrected chi connectivity index (χ2v) is 4.94. The first-order valence-electron chi connectivity index (χ1n) is 6.95. The van der Waals surface area contributed by atoms with Gasteiger partial charge in [-0.25, -0.2) is 0 Å². The molecule has 0 radical (unpaired) electrons. The van der Waals surface area contributed by atoms with E-state index in [4.69, 9.17) is 4.74 Å². The van der Waals surface area contributed by atoms with Gasteiger partial charge in [0.1, 0.15) is 0 Å². The molecule has 6 nitrogen and oxygen atoms in total. The van der Waals surface area contributed by atoms with Crippen molar-refractivity contribution in [1.82, 2.24) is 4.90 Å². The van der Waals surface area contributed by atoms with Gasteiger partial charge in [0.15, 0.2) is 5.75 Å². The number of piperazine rings is 1. The van der Waals surface area contributed by atoms with E-state index in [1.165, 1.54) is 19.6 Å². The Balaban J connectivity index is 2.08. The quantitative estimate of drug-likeness (QED) is 0.610. The Labute approximate surface area is 119 Å². The molecule has 0 amide bonds. The number of hydrogen-bond acceptors (Lipinski definition) is 5. The van der Waals surface area contributed by atoms with Crippen molar-refractivity contribution in [3.63, 3.8) is 0 Å². The summed E-state index contributed by atoms with van der Waals surface area (Å²) in [6.07, 6.45) is 1.17. The van der Waals surface area contributed by atoms with E-state index in [0.29, 0.717) is 5.75 Å². The molecular weight excluding hydrogens is 258 g/mol. The molecule has 0 aromatic heterocycles. The Bertz CT molecular complexity index is 471. The maximum atomic E-state index is 10.9. The van der Waals surface area contributed by atoms with Crippen molar-refractivity contribution >= 4 is 11.4 Å². The average Bonchev–Trinajstić information content (AvgIpc) is 2.47. The third-order valence-electron chi connectivity index (χ3n) is 3.64. The summed E-state index contributed by atoms with van der Waals surface area (Å²) in [5.41, 5.74) is 1.00. The molecule has 2 rings (SSSR count). The van der Waals surface area contributed by atoms with Gasteiger partial charge in [0.2, 0.25) is 0 Å². The smallest absolute Gasteiger partial charge is 0.311 e. The molecule has 0 unspecified atom stereocenters.